The Hall–Kier alpha value is -3.72. The molecule has 0 radical (unpaired) electrons. The van der Waals surface area contributed by atoms with Crippen LogP contribution in [0.4, 0.5) is 11.4 Å². The van der Waals surface area contributed by atoms with Gasteiger partial charge in [-0.05, 0) is 42.2 Å². The second-order valence-electron chi connectivity index (χ2n) is 10.8. The molecule has 0 fully saturated rings. The van der Waals surface area contributed by atoms with Crippen molar-refractivity contribution in [2.24, 2.45) is 0 Å². The van der Waals surface area contributed by atoms with E-state index in [0.29, 0.717) is 6.61 Å². The van der Waals surface area contributed by atoms with Gasteiger partial charge in [-0.1, -0.05) is 131 Å². The first-order valence-corrected chi connectivity index (χ1v) is 13.8. The highest BCUT2D eigenvalue weighted by atomic mass is 16.5. The van der Waals surface area contributed by atoms with Crippen molar-refractivity contribution in [2.75, 3.05) is 18.2 Å². The Labute approximate surface area is 229 Å². The van der Waals surface area contributed by atoms with Gasteiger partial charge in [0.2, 0.25) is 0 Å². The van der Waals surface area contributed by atoms with E-state index in [2.05, 4.69) is 137 Å². The lowest BCUT2D eigenvalue weighted by atomic mass is 9.72. The topological polar surface area (TPSA) is 26.6 Å². The third-order valence-corrected chi connectivity index (χ3v) is 7.46. The summed E-state index contributed by atoms with van der Waals surface area (Å²) >= 11 is 0. The number of benzene rings is 4. The first kappa shape index (κ1) is 27.3. The summed E-state index contributed by atoms with van der Waals surface area (Å²) in [6.07, 6.45) is 0.986. The Balaban J connectivity index is 1.95. The van der Waals surface area contributed by atoms with Gasteiger partial charge >= 0.3 is 0 Å². The van der Waals surface area contributed by atoms with Gasteiger partial charge in [0.25, 0.3) is 0 Å². The van der Waals surface area contributed by atoms with Gasteiger partial charge in [0.1, 0.15) is 5.75 Å². The summed E-state index contributed by atoms with van der Waals surface area (Å²) in [6.45, 7) is 14.8. The van der Waals surface area contributed by atoms with E-state index >= 15 is 0 Å². The molecular weight excluding hydrogens is 464 g/mol. The van der Waals surface area contributed by atoms with E-state index in [-0.39, 0.29) is 10.8 Å². The molecule has 0 saturated heterocycles. The fraction of sp³-hybridized carbons (Fsp3) is 0.314. The minimum absolute atomic E-state index is 0.222. The van der Waals surface area contributed by atoms with Crippen LogP contribution in [0.2, 0.25) is 0 Å². The zero-order valence-electron chi connectivity index (χ0n) is 23.7. The smallest absolute Gasteiger partial charge is 0.109 e. The molecule has 0 aromatic heterocycles. The largest absolute Gasteiger partial charge is 0.592 e. The Kier molecular flexibility index (Phi) is 8.46. The van der Waals surface area contributed by atoms with Crippen LogP contribution in [0.1, 0.15) is 70.2 Å². The Bertz CT molecular complexity index is 1300. The molecule has 4 rings (SSSR count). The normalized spacial score (nSPS) is 11.7. The molecule has 4 aromatic rings. The minimum atomic E-state index is -0.291. The fourth-order valence-electron chi connectivity index (χ4n) is 5.02. The summed E-state index contributed by atoms with van der Waals surface area (Å²) in [5, 5.41) is 2.11. The van der Waals surface area contributed by atoms with Gasteiger partial charge in [-0.3, -0.25) is 0 Å². The van der Waals surface area contributed by atoms with Crippen molar-refractivity contribution in [1.82, 2.24) is 0 Å². The Morgan fingerprint density at radius 2 is 1.18 bits per heavy atom. The lowest BCUT2D eigenvalue weighted by molar-refractivity contribution is 0.333. The molecule has 0 spiro atoms. The van der Waals surface area contributed by atoms with Crippen molar-refractivity contribution in [3.63, 3.8) is 0 Å². The van der Waals surface area contributed by atoms with Crippen molar-refractivity contribution in [2.45, 2.75) is 58.8 Å². The number of para-hydroxylation sites is 1. The maximum Gasteiger partial charge on any atom is 0.109 e. The average Bonchev–Trinajstić information content (AvgIpc) is 2.95. The predicted molar refractivity (Wildman–Crippen MR) is 162 cm³/mol. The van der Waals surface area contributed by atoms with Gasteiger partial charge in [-0.15, -0.1) is 0 Å². The van der Waals surface area contributed by atoms with Gasteiger partial charge in [0.15, 0.2) is 0 Å². The molecule has 4 aromatic carbocycles. The first-order valence-electron chi connectivity index (χ1n) is 13.8. The number of anilines is 1. The molecule has 0 bridgehead atoms. The molecule has 0 saturated carbocycles. The number of hydrogen-bond donors (Lipinski definition) is 0. The molecule has 0 heterocycles. The highest BCUT2D eigenvalue weighted by Crippen LogP contribution is 2.48. The van der Waals surface area contributed by atoms with Crippen LogP contribution in [0.5, 0.6) is 5.75 Å². The average molecular weight is 506 g/mol. The molecule has 3 nitrogen and oxygen atoms in total. The number of ether oxygens (including phenoxy) is 1. The quantitative estimate of drug-likeness (QED) is 0.190. The summed E-state index contributed by atoms with van der Waals surface area (Å²) in [6, 6.07) is 36.4. The lowest BCUT2D eigenvalue weighted by Crippen LogP contribution is -2.25. The van der Waals surface area contributed by atoms with Gasteiger partial charge in [-0.2, -0.15) is 0 Å². The van der Waals surface area contributed by atoms with Crippen LogP contribution in [-0.4, -0.2) is 13.2 Å². The lowest BCUT2D eigenvalue weighted by Gasteiger charge is -2.43. The fourth-order valence-corrected chi connectivity index (χ4v) is 5.02. The molecular formula is C35H41N2O-. The predicted octanol–water partition coefficient (Wildman–Crippen LogP) is 9.57. The van der Waals surface area contributed by atoms with E-state index in [0.717, 1.165) is 35.7 Å². The van der Waals surface area contributed by atoms with Gasteiger partial charge < -0.3 is 15.2 Å². The van der Waals surface area contributed by atoms with Crippen molar-refractivity contribution in [1.29, 1.82) is 0 Å². The Morgan fingerprint density at radius 3 is 1.71 bits per heavy atom. The summed E-state index contributed by atoms with van der Waals surface area (Å²) < 4.78 is 6.44. The summed E-state index contributed by atoms with van der Waals surface area (Å²) in [7, 11) is 0. The SMILES string of the molecule is CCCN([N-]c1cc(C(C)(C)c2ccccc2)cc(C(C)(C)c2ccccc2)c1OCC)c1ccccc1. The van der Waals surface area contributed by atoms with Crippen LogP contribution in [-0.2, 0) is 10.8 Å². The monoisotopic (exact) mass is 505 g/mol. The van der Waals surface area contributed by atoms with Crippen LogP contribution < -0.4 is 9.75 Å². The molecule has 0 N–H and O–H groups in total. The summed E-state index contributed by atoms with van der Waals surface area (Å²) in [5.41, 5.74) is 11.6. The van der Waals surface area contributed by atoms with Crippen molar-refractivity contribution in [3.8, 4) is 5.75 Å². The summed E-state index contributed by atoms with van der Waals surface area (Å²) in [4.78, 5) is 0. The van der Waals surface area contributed by atoms with Crippen LogP contribution >= 0.6 is 0 Å². The highest BCUT2D eigenvalue weighted by molar-refractivity contribution is 5.72. The molecule has 0 aliphatic heterocycles. The third kappa shape index (κ3) is 5.72. The maximum absolute atomic E-state index is 6.44. The number of rotatable bonds is 11. The molecule has 198 valence electrons. The van der Waals surface area contributed by atoms with Crippen LogP contribution in [0, 0.1) is 0 Å². The number of nitrogens with zero attached hydrogens (tertiary/aromatic N) is 2. The zero-order chi connectivity index (χ0) is 27.2. The molecule has 38 heavy (non-hydrogen) atoms. The third-order valence-electron chi connectivity index (χ3n) is 7.46. The van der Waals surface area contributed by atoms with Crippen molar-refractivity contribution >= 4 is 11.4 Å². The highest BCUT2D eigenvalue weighted by Gasteiger charge is 2.31. The van der Waals surface area contributed by atoms with Crippen molar-refractivity contribution < 1.29 is 4.74 Å². The standard InChI is InChI=1S/C35H41N2O/c1-7-24-37(30-22-16-11-17-23-30)36-32-26-29(34(3,4)27-18-12-9-13-19-27)25-31(33(32)38-8-2)35(5,6)28-20-14-10-15-21-28/h9-23,25-26H,7-8,24H2,1-6H3/q-1. The number of hydrogen-bond acceptors (Lipinski definition) is 2. The van der Waals surface area contributed by atoms with Gasteiger partial charge in [0, 0.05) is 28.6 Å². The molecule has 0 aliphatic rings. The summed E-state index contributed by atoms with van der Waals surface area (Å²) in [5.74, 6) is 0.853. The van der Waals surface area contributed by atoms with Crippen LogP contribution in [0.25, 0.3) is 5.43 Å². The van der Waals surface area contributed by atoms with Crippen molar-refractivity contribution in [3.05, 3.63) is 131 Å². The zero-order valence-corrected chi connectivity index (χ0v) is 23.7. The van der Waals surface area contributed by atoms with Gasteiger partial charge in [-0.25, -0.2) is 0 Å². The maximum atomic E-state index is 6.44. The second kappa shape index (κ2) is 11.8. The van der Waals surface area contributed by atoms with Crippen LogP contribution in [0.15, 0.2) is 103 Å². The molecule has 0 atom stereocenters. The van der Waals surface area contributed by atoms with E-state index in [1.807, 2.05) is 13.0 Å². The molecule has 3 heteroatoms. The minimum Gasteiger partial charge on any atom is -0.592 e. The van der Waals surface area contributed by atoms with E-state index in [9.17, 15) is 0 Å². The van der Waals surface area contributed by atoms with Gasteiger partial charge in [0.05, 0.1) is 6.61 Å². The molecule has 0 unspecified atom stereocenters. The first-order chi connectivity index (χ1) is 18.3. The Morgan fingerprint density at radius 1 is 0.658 bits per heavy atom. The molecule has 0 amide bonds. The van der Waals surface area contributed by atoms with Crippen LogP contribution in [0.3, 0.4) is 0 Å². The van der Waals surface area contributed by atoms with E-state index in [4.69, 9.17) is 10.2 Å². The molecule has 0 aliphatic carbocycles. The van der Waals surface area contributed by atoms with E-state index < -0.39 is 0 Å². The van der Waals surface area contributed by atoms with E-state index in [1.165, 1.54) is 16.7 Å². The van der Waals surface area contributed by atoms with E-state index in [1.54, 1.807) is 0 Å². The second-order valence-corrected chi connectivity index (χ2v) is 10.8.